The van der Waals surface area contributed by atoms with Crippen LogP contribution in [0.5, 0.6) is 0 Å². The second-order valence-electron chi connectivity index (χ2n) is 6.57. The van der Waals surface area contributed by atoms with Gasteiger partial charge in [-0.1, -0.05) is 5.16 Å². The van der Waals surface area contributed by atoms with Gasteiger partial charge in [0.2, 0.25) is 0 Å². The first kappa shape index (κ1) is 15.0. The summed E-state index contributed by atoms with van der Waals surface area (Å²) in [4.78, 5) is 5.19. The van der Waals surface area contributed by atoms with Gasteiger partial charge in [0.25, 0.3) is 0 Å². The Hall–Kier alpha value is -0.910. The largest absolute Gasteiger partial charge is 0.361 e. The Morgan fingerprint density at radius 1 is 1.10 bits per heavy atom. The van der Waals surface area contributed by atoms with E-state index in [2.05, 4.69) is 20.3 Å². The van der Waals surface area contributed by atoms with Crippen molar-refractivity contribution in [3.63, 3.8) is 0 Å². The number of hydrogen-bond acceptors (Lipinski definition) is 5. The Kier molecular flexibility index (Phi) is 4.93. The topological polar surface area (TPSA) is 44.5 Å². The zero-order valence-electron chi connectivity index (χ0n) is 13.4. The number of nitrogens with zero attached hydrogens (tertiary/aromatic N) is 3. The maximum Gasteiger partial charge on any atom is 0.138 e. The summed E-state index contributed by atoms with van der Waals surface area (Å²) < 4.78 is 5.27. The van der Waals surface area contributed by atoms with Crippen molar-refractivity contribution < 1.29 is 4.52 Å². The molecule has 0 bridgehead atoms. The zero-order valence-corrected chi connectivity index (χ0v) is 13.4. The molecule has 0 atom stereocenters. The fraction of sp³-hybridized carbons (Fsp3) is 0.812. The lowest BCUT2D eigenvalue weighted by Gasteiger charge is -2.37. The summed E-state index contributed by atoms with van der Waals surface area (Å²) in [5, 5.41) is 7.51. The SMILES string of the molecule is Cc1noc(C)c1CN1CCN(CC2CCNCC2)CC1. The van der Waals surface area contributed by atoms with E-state index in [1.807, 2.05) is 13.8 Å². The molecular formula is C16H28N4O. The minimum atomic E-state index is 0.903. The smallest absolute Gasteiger partial charge is 0.138 e. The van der Waals surface area contributed by atoms with Crippen molar-refractivity contribution in [2.45, 2.75) is 33.2 Å². The lowest BCUT2D eigenvalue weighted by molar-refractivity contribution is 0.106. The molecule has 2 aliphatic heterocycles. The quantitative estimate of drug-likeness (QED) is 0.909. The van der Waals surface area contributed by atoms with E-state index in [1.165, 1.54) is 51.1 Å². The number of aromatic nitrogens is 1. The van der Waals surface area contributed by atoms with E-state index in [0.29, 0.717) is 0 Å². The first-order chi connectivity index (χ1) is 10.2. The summed E-state index contributed by atoms with van der Waals surface area (Å²) in [6, 6.07) is 0. The Bertz CT molecular complexity index is 426. The number of hydrogen-bond donors (Lipinski definition) is 1. The van der Waals surface area contributed by atoms with Crippen LogP contribution in [0.25, 0.3) is 0 Å². The highest BCUT2D eigenvalue weighted by Crippen LogP contribution is 2.18. The van der Waals surface area contributed by atoms with Gasteiger partial charge in [0, 0.05) is 44.8 Å². The van der Waals surface area contributed by atoms with E-state index in [-0.39, 0.29) is 0 Å². The lowest BCUT2D eigenvalue weighted by atomic mass is 9.97. The molecule has 2 fully saturated rings. The van der Waals surface area contributed by atoms with Gasteiger partial charge in [-0.05, 0) is 45.7 Å². The minimum absolute atomic E-state index is 0.903. The first-order valence-electron chi connectivity index (χ1n) is 8.29. The second kappa shape index (κ2) is 6.90. The predicted octanol–water partition coefficient (Wildman–Crippen LogP) is 1.41. The number of piperazine rings is 1. The van der Waals surface area contributed by atoms with Gasteiger partial charge in [0.15, 0.2) is 0 Å². The Balaban J connectivity index is 1.44. The molecule has 2 saturated heterocycles. The molecule has 1 N–H and O–H groups in total. The van der Waals surface area contributed by atoms with Crippen molar-refractivity contribution in [3.05, 3.63) is 17.0 Å². The fourth-order valence-electron chi connectivity index (χ4n) is 3.51. The summed E-state index contributed by atoms with van der Waals surface area (Å²) in [5.41, 5.74) is 2.33. The second-order valence-corrected chi connectivity index (χ2v) is 6.57. The van der Waals surface area contributed by atoms with Crippen molar-refractivity contribution in [3.8, 4) is 0 Å². The third kappa shape index (κ3) is 3.84. The van der Waals surface area contributed by atoms with Gasteiger partial charge in [-0.25, -0.2) is 0 Å². The van der Waals surface area contributed by atoms with Crippen LogP contribution in [0.15, 0.2) is 4.52 Å². The summed E-state index contributed by atoms with van der Waals surface area (Å²) >= 11 is 0. The van der Waals surface area contributed by atoms with Gasteiger partial charge >= 0.3 is 0 Å². The third-order valence-corrected chi connectivity index (χ3v) is 5.00. The highest BCUT2D eigenvalue weighted by Gasteiger charge is 2.22. The van der Waals surface area contributed by atoms with E-state index in [0.717, 1.165) is 37.0 Å². The Morgan fingerprint density at radius 2 is 1.76 bits per heavy atom. The number of rotatable bonds is 4. The van der Waals surface area contributed by atoms with E-state index in [1.54, 1.807) is 0 Å². The van der Waals surface area contributed by atoms with Crippen molar-refractivity contribution in [1.29, 1.82) is 0 Å². The minimum Gasteiger partial charge on any atom is -0.361 e. The lowest BCUT2D eigenvalue weighted by Crippen LogP contribution is -2.48. The molecule has 5 nitrogen and oxygen atoms in total. The molecule has 0 saturated carbocycles. The molecule has 3 rings (SSSR count). The van der Waals surface area contributed by atoms with Crippen LogP contribution in [0.3, 0.4) is 0 Å². The molecule has 0 aliphatic carbocycles. The summed E-state index contributed by atoms with van der Waals surface area (Å²) in [6.07, 6.45) is 2.69. The molecule has 5 heteroatoms. The zero-order chi connectivity index (χ0) is 14.7. The molecule has 0 spiro atoms. The highest BCUT2D eigenvalue weighted by molar-refractivity contribution is 5.20. The molecule has 0 radical (unpaired) electrons. The van der Waals surface area contributed by atoms with Crippen molar-refractivity contribution in [1.82, 2.24) is 20.3 Å². The van der Waals surface area contributed by atoms with Crippen LogP contribution >= 0.6 is 0 Å². The first-order valence-corrected chi connectivity index (χ1v) is 8.29. The number of aryl methyl sites for hydroxylation is 2. The van der Waals surface area contributed by atoms with Gasteiger partial charge in [-0.15, -0.1) is 0 Å². The standard InChI is InChI=1S/C16H28N4O/c1-13-16(14(2)21-18-13)12-20-9-7-19(8-10-20)11-15-3-5-17-6-4-15/h15,17H,3-12H2,1-2H3. The van der Waals surface area contributed by atoms with E-state index >= 15 is 0 Å². The van der Waals surface area contributed by atoms with Gasteiger partial charge in [-0.2, -0.15) is 0 Å². The molecule has 1 aromatic heterocycles. The molecule has 0 unspecified atom stereocenters. The molecule has 21 heavy (non-hydrogen) atoms. The van der Waals surface area contributed by atoms with Crippen LogP contribution in [0, 0.1) is 19.8 Å². The van der Waals surface area contributed by atoms with Crippen LogP contribution in [-0.4, -0.2) is 60.8 Å². The molecule has 0 amide bonds. The van der Waals surface area contributed by atoms with Crippen molar-refractivity contribution >= 4 is 0 Å². The molecular weight excluding hydrogens is 264 g/mol. The maximum absolute atomic E-state index is 5.27. The van der Waals surface area contributed by atoms with Crippen LogP contribution in [0.2, 0.25) is 0 Å². The summed E-state index contributed by atoms with van der Waals surface area (Å²) in [5.74, 6) is 1.88. The van der Waals surface area contributed by atoms with Gasteiger partial charge in [0.05, 0.1) is 5.69 Å². The number of piperidine rings is 1. The fourth-order valence-corrected chi connectivity index (χ4v) is 3.51. The van der Waals surface area contributed by atoms with Gasteiger partial charge in [0.1, 0.15) is 5.76 Å². The van der Waals surface area contributed by atoms with Crippen molar-refractivity contribution in [2.24, 2.45) is 5.92 Å². The predicted molar refractivity (Wildman–Crippen MR) is 83.3 cm³/mol. The maximum atomic E-state index is 5.27. The van der Waals surface area contributed by atoms with E-state index < -0.39 is 0 Å². The Labute approximate surface area is 127 Å². The molecule has 1 aromatic rings. The summed E-state index contributed by atoms with van der Waals surface area (Å²) in [7, 11) is 0. The highest BCUT2D eigenvalue weighted by atomic mass is 16.5. The van der Waals surface area contributed by atoms with Crippen LogP contribution in [0.1, 0.15) is 29.9 Å². The monoisotopic (exact) mass is 292 g/mol. The van der Waals surface area contributed by atoms with Gasteiger partial charge < -0.3 is 14.7 Å². The van der Waals surface area contributed by atoms with Crippen LogP contribution < -0.4 is 5.32 Å². The average molecular weight is 292 g/mol. The van der Waals surface area contributed by atoms with E-state index in [4.69, 9.17) is 4.52 Å². The summed E-state index contributed by atoms with van der Waals surface area (Å²) in [6.45, 7) is 13.5. The van der Waals surface area contributed by atoms with Gasteiger partial charge in [-0.3, -0.25) is 4.90 Å². The normalized spacial score (nSPS) is 22.8. The molecule has 0 aromatic carbocycles. The van der Waals surface area contributed by atoms with E-state index in [9.17, 15) is 0 Å². The molecule has 3 heterocycles. The Morgan fingerprint density at radius 3 is 2.38 bits per heavy atom. The average Bonchev–Trinajstić information content (AvgIpc) is 2.82. The molecule has 118 valence electrons. The third-order valence-electron chi connectivity index (χ3n) is 5.00. The van der Waals surface area contributed by atoms with Crippen molar-refractivity contribution in [2.75, 3.05) is 45.8 Å². The number of nitrogens with one attached hydrogen (secondary N) is 1. The van der Waals surface area contributed by atoms with Crippen LogP contribution in [0.4, 0.5) is 0 Å². The van der Waals surface area contributed by atoms with Crippen LogP contribution in [-0.2, 0) is 6.54 Å². The molecule has 2 aliphatic rings.